The fourth-order valence-corrected chi connectivity index (χ4v) is 1.66. The Morgan fingerprint density at radius 2 is 1.60 bits per heavy atom. The van der Waals surface area contributed by atoms with Crippen molar-refractivity contribution in [2.24, 2.45) is 0 Å². The van der Waals surface area contributed by atoms with Crippen molar-refractivity contribution < 1.29 is 17.6 Å². The van der Waals surface area contributed by atoms with E-state index in [4.69, 9.17) is 5.26 Å². The molecular weight excluding hydrogens is 272 g/mol. The Morgan fingerprint density at radius 3 is 2.15 bits per heavy atom. The van der Waals surface area contributed by atoms with Crippen LogP contribution in [0.25, 0.3) is 0 Å². The number of nitrogens with one attached hydrogen (secondary N) is 1. The van der Waals surface area contributed by atoms with Crippen molar-refractivity contribution in [3.63, 3.8) is 0 Å². The predicted molar refractivity (Wildman–Crippen MR) is 64.8 cm³/mol. The lowest BCUT2D eigenvalue weighted by molar-refractivity contribution is 0.570. The number of hydrogen-bond acceptors (Lipinski definition) is 2. The van der Waals surface area contributed by atoms with Crippen LogP contribution in [-0.4, -0.2) is 0 Å². The van der Waals surface area contributed by atoms with Crippen LogP contribution in [0, 0.1) is 34.6 Å². The molecule has 2 nitrogen and oxygen atoms in total. The van der Waals surface area contributed by atoms with Crippen molar-refractivity contribution in [2.45, 2.75) is 6.54 Å². The summed E-state index contributed by atoms with van der Waals surface area (Å²) in [5, 5.41) is 10.9. The van der Waals surface area contributed by atoms with Crippen molar-refractivity contribution in [2.75, 3.05) is 5.32 Å². The Kier molecular flexibility index (Phi) is 3.89. The topological polar surface area (TPSA) is 35.8 Å². The monoisotopic (exact) mass is 280 g/mol. The van der Waals surface area contributed by atoms with Crippen LogP contribution in [0.2, 0.25) is 0 Å². The standard InChI is InChI=1S/C14H8F4N2/c15-10-2-1-9(11(16)5-10)7-20-14-12(17)3-8(6-19)4-13(14)18/h1-5,20H,7H2. The lowest BCUT2D eigenvalue weighted by atomic mass is 10.1. The summed E-state index contributed by atoms with van der Waals surface area (Å²) in [7, 11) is 0. The van der Waals surface area contributed by atoms with E-state index in [1.807, 2.05) is 0 Å². The molecule has 0 unspecified atom stereocenters. The highest BCUT2D eigenvalue weighted by Gasteiger charge is 2.12. The van der Waals surface area contributed by atoms with Gasteiger partial charge in [-0.25, -0.2) is 17.6 Å². The van der Waals surface area contributed by atoms with Crippen molar-refractivity contribution in [1.82, 2.24) is 0 Å². The number of benzene rings is 2. The number of nitrogens with zero attached hydrogens (tertiary/aromatic N) is 1. The quantitative estimate of drug-likeness (QED) is 0.870. The highest BCUT2D eigenvalue weighted by Crippen LogP contribution is 2.21. The molecule has 1 N–H and O–H groups in total. The Morgan fingerprint density at radius 1 is 0.950 bits per heavy atom. The van der Waals surface area contributed by atoms with E-state index in [1.165, 1.54) is 6.07 Å². The molecule has 0 atom stereocenters. The van der Waals surface area contributed by atoms with Gasteiger partial charge in [-0.2, -0.15) is 5.26 Å². The van der Waals surface area contributed by atoms with E-state index < -0.39 is 29.0 Å². The molecule has 0 amide bonds. The zero-order valence-electron chi connectivity index (χ0n) is 10.1. The summed E-state index contributed by atoms with van der Waals surface area (Å²) < 4.78 is 53.2. The van der Waals surface area contributed by atoms with Crippen LogP contribution in [0.5, 0.6) is 0 Å². The molecule has 0 spiro atoms. The first-order valence-electron chi connectivity index (χ1n) is 5.58. The van der Waals surface area contributed by atoms with Gasteiger partial charge in [-0.15, -0.1) is 0 Å². The molecule has 0 aliphatic heterocycles. The first-order chi connectivity index (χ1) is 9.51. The summed E-state index contributed by atoms with van der Waals surface area (Å²) in [6, 6.07) is 6.26. The number of nitriles is 1. The molecule has 0 aliphatic rings. The molecule has 0 radical (unpaired) electrons. The summed E-state index contributed by atoms with van der Waals surface area (Å²) in [5.74, 6) is -3.46. The third kappa shape index (κ3) is 2.88. The van der Waals surface area contributed by atoms with Gasteiger partial charge in [-0.05, 0) is 18.2 Å². The van der Waals surface area contributed by atoms with E-state index in [2.05, 4.69) is 5.32 Å². The van der Waals surface area contributed by atoms with E-state index in [1.54, 1.807) is 6.07 Å². The van der Waals surface area contributed by atoms with Gasteiger partial charge in [-0.3, -0.25) is 0 Å². The lowest BCUT2D eigenvalue weighted by Gasteiger charge is -2.10. The Hall–Kier alpha value is -2.55. The molecule has 102 valence electrons. The number of rotatable bonds is 3. The van der Waals surface area contributed by atoms with Gasteiger partial charge in [0.1, 0.15) is 17.3 Å². The smallest absolute Gasteiger partial charge is 0.150 e. The highest BCUT2D eigenvalue weighted by atomic mass is 19.1. The predicted octanol–water partition coefficient (Wildman–Crippen LogP) is 3.73. The molecule has 0 bridgehead atoms. The normalized spacial score (nSPS) is 10.2. The van der Waals surface area contributed by atoms with E-state index in [0.29, 0.717) is 6.07 Å². The summed E-state index contributed by atoms with van der Waals surface area (Å²) in [6.07, 6.45) is 0. The molecule has 2 rings (SSSR count). The van der Waals surface area contributed by atoms with Gasteiger partial charge in [0.05, 0.1) is 11.6 Å². The zero-order chi connectivity index (χ0) is 14.7. The first kappa shape index (κ1) is 13.9. The second-order valence-corrected chi connectivity index (χ2v) is 4.02. The van der Waals surface area contributed by atoms with Gasteiger partial charge in [0.25, 0.3) is 0 Å². The van der Waals surface area contributed by atoms with Crippen molar-refractivity contribution >= 4 is 5.69 Å². The fourth-order valence-electron chi connectivity index (χ4n) is 1.66. The number of halogens is 4. The maximum Gasteiger partial charge on any atom is 0.150 e. The van der Waals surface area contributed by atoms with Gasteiger partial charge in [0, 0.05) is 18.2 Å². The maximum atomic E-state index is 13.6. The molecule has 0 aromatic heterocycles. The van der Waals surface area contributed by atoms with E-state index in [-0.39, 0.29) is 17.7 Å². The van der Waals surface area contributed by atoms with E-state index in [9.17, 15) is 17.6 Å². The third-order valence-electron chi connectivity index (χ3n) is 2.64. The maximum absolute atomic E-state index is 13.6. The molecule has 20 heavy (non-hydrogen) atoms. The van der Waals surface area contributed by atoms with Crippen LogP contribution in [0.3, 0.4) is 0 Å². The summed E-state index contributed by atoms with van der Waals surface area (Å²) in [6.45, 7) is -0.216. The minimum atomic E-state index is -0.955. The fraction of sp³-hybridized carbons (Fsp3) is 0.0714. The van der Waals surface area contributed by atoms with Crippen LogP contribution < -0.4 is 5.32 Å². The second kappa shape index (κ2) is 5.61. The van der Waals surface area contributed by atoms with Crippen LogP contribution in [0.1, 0.15) is 11.1 Å². The molecule has 0 saturated carbocycles. The molecule has 0 heterocycles. The molecule has 2 aromatic carbocycles. The van der Waals surface area contributed by atoms with Crippen LogP contribution in [0.4, 0.5) is 23.2 Å². The van der Waals surface area contributed by atoms with E-state index >= 15 is 0 Å². The highest BCUT2D eigenvalue weighted by molar-refractivity contribution is 5.50. The minimum Gasteiger partial charge on any atom is -0.376 e. The molecule has 2 aromatic rings. The van der Waals surface area contributed by atoms with E-state index in [0.717, 1.165) is 18.2 Å². The van der Waals surface area contributed by atoms with Crippen LogP contribution >= 0.6 is 0 Å². The lowest BCUT2D eigenvalue weighted by Crippen LogP contribution is -2.06. The van der Waals surface area contributed by atoms with Gasteiger partial charge in [0.2, 0.25) is 0 Å². The second-order valence-electron chi connectivity index (χ2n) is 4.02. The van der Waals surface area contributed by atoms with Gasteiger partial charge in [-0.1, -0.05) is 6.07 Å². The molecule has 6 heteroatoms. The summed E-state index contributed by atoms with van der Waals surface area (Å²) in [5.41, 5.74) is -0.555. The van der Waals surface area contributed by atoms with Crippen LogP contribution in [-0.2, 0) is 6.54 Å². The Balaban J connectivity index is 2.21. The largest absolute Gasteiger partial charge is 0.376 e. The first-order valence-corrected chi connectivity index (χ1v) is 5.58. The SMILES string of the molecule is N#Cc1cc(F)c(NCc2ccc(F)cc2F)c(F)c1. The van der Waals surface area contributed by atoms with Gasteiger partial charge in [0.15, 0.2) is 11.6 Å². The summed E-state index contributed by atoms with van der Waals surface area (Å²) >= 11 is 0. The third-order valence-corrected chi connectivity index (χ3v) is 2.64. The molecule has 0 saturated heterocycles. The molecular formula is C14H8F4N2. The number of hydrogen-bond donors (Lipinski definition) is 1. The molecule has 0 fully saturated rings. The number of anilines is 1. The Bertz CT molecular complexity index is 669. The van der Waals surface area contributed by atoms with Crippen LogP contribution in [0.15, 0.2) is 30.3 Å². The molecule has 0 aliphatic carbocycles. The van der Waals surface area contributed by atoms with Gasteiger partial charge < -0.3 is 5.32 Å². The Labute approximate surface area is 112 Å². The average Bonchev–Trinajstić information content (AvgIpc) is 2.39. The van der Waals surface area contributed by atoms with Crippen molar-refractivity contribution in [3.8, 4) is 6.07 Å². The van der Waals surface area contributed by atoms with Crippen molar-refractivity contribution in [1.29, 1.82) is 5.26 Å². The minimum absolute atomic E-state index is 0.0644. The van der Waals surface area contributed by atoms with Crippen molar-refractivity contribution in [3.05, 3.63) is 64.7 Å². The average molecular weight is 280 g/mol. The van der Waals surface area contributed by atoms with Gasteiger partial charge >= 0.3 is 0 Å². The summed E-state index contributed by atoms with van der Waals surface area (Å²) in [4.78, 5) is 0. The zero-order valence-corrected chi connectivity index (χ0v) is 10.1.